The largest absolute Gasteiger partial charge is 0.396 e. The topological polar surface area (TPSA) is 80.0 Å². The zero-order chi connectivity index (χ0) is 24.1. The van der Waals surface area contributed by atoms with Crippen LogP contribution >= 0.6 is 0 Å². The molecular weight excluding hydrogens is 445 g/mol. The second kappa shape index (κ2) is 10.5. The summed E-state index contributed by atoms with van der Waals surface area (Å²) in [6.45, 7) is 0.0718. The van der Waals surface area contributed by atoms with E-state index >= 15 is 0 Å². The molecule has 34 heavy (non-hydrogen) atoms. The van der Waals surface area contributed by atoms with Gasteiger partial charge in [-0.2, -0.15) is 0 Å². The monoisotopic (exact) mass is 468 g/mol. The molecule has 176 valence electrons. The van der Waals surface area contributed by atoms with Crippen LogP contribution in [0.2, 0.25) is 0 Å². The average Bonchev–Trinajstić information content (AvgIpc) is 3.17. The Bertz CT molecular complexity index is 1290. The van der Waals surface area contributed by atoms with Gasteiger partial charge in [-0.15, -0.1) is 0 Å². The van der Waals surface area contributed by atoms with Gasteiger partial charge in [0.05, 0.1) is 12.6 Å². The highest BCUT2D eigenvalue weighted by molar-refractivity contribution is 5.77. The van der Waals surface area contributed by atoms with Crippen molar-refractivity contribution < 1.29 is 23.1 Å². The van der Waals surface area contributed by atoms with Gasteiger partial charge < -0.3 is 15.0 Å². The van der Waals surface area contributed by atoms with Crippen LogP contribution in [0.3, 0.4) is 0 Å². The van der Waals surface area contributed by atoms with Crippen LogP contribution in [0, 0.1) is 17.5 Å². The zero-order valence-electron chi connectivity index (χ0n) is 18.2. The van der Waals surface area contributed by atoms with Crippen molar-refractivity contribution in [3.05, 3.63) is 95.2 Å². The van der Waals surface area contributed by atoms with Crippen LogP contribution in [0.15, 0.2) is 60.8 Å². The Kier molecular flexibility index (Phi) is 7.22. The van der Waals surface area contributed by atoms with Gasteiger partial charge in [0.2, 0.25) is 5.91 Å². The Labute approximate surface area is 194 Å². The number of nitrogens with one attached hydrogen (secondary N) is 1. The van der Waals surface area contributed by atoms with Gasteiger partial charge in [-0.3, -0.25) is 4.79 Å². The molecule has 4 aromatic rings. The van der Waals surface area contributed by atoms with E-state index in [0.717, 1.165) is 12.1 Å². The summed E-state index contributed by atoms with van der Waals surface area (Å²) < 4.78 is 42.1. The smallest absolute Gasteiger partial charge is 0.220 e. The number of hydrogen-bond acceptors (Lipinski definition) is 4. The molecule has 0 spiro atoms. The zero-order valence-corrected chi connectivity index (χ0v) is 18.2. The van der Waals surface area contributed by atoms with Crippen molar-refractivity contribution in [1.82, 2.24) is 19.9 Å². The number of pyridine rings is 1. The Morgan fingerprint density at radius 2 is 1.85 bits per heavy atom. The minimum Gasteiger partial charge on any atom is -0.396 e. The van der Waals surface area contributed by atoms with Crippen LogP contribution in [-0.4, -0.2) is 32.2 Å². The molecule has 0 aliphatic heterocycles. The molecule has 2 aromatic carbocycles. The maximum atomic E-state index is 13.7. The second-order valence-electron chi connectivity index (χ2n) is 7.89. The van der Waals surface area contributed by atoms with Crippen molar-refractivity contribution >= 4 is 17.1 Å². The number of amides is 1. The molecule has 1 amide bonds. The predicted octanol–water partition coefficient (Wildman–Crippen LogP) is 4.07. The summed E-state index contributed by atoms with van der Waals surface area (Å²) in [5.41, 5.74) is 2.43. The third kappa shape index (κ3) is 5.43. The number of carbonyl (C=O) groups is 1. The maximum absolute atomic E-state index is 13.7. The summed E-state index contributed by atoms with van der Waals surface area (Å²) in [5, 5.41) is 12.2. The first-order valence-electron chi connectivity index (χ1n) is 10.8. The summed E-state index contributed by atoms with van der Waals surface area (Å²) in [5.74, 6) is -1.93. The fourth-order valence-corrected chi connectivity index (χ4v) is 3.82. The molecule has 0 saturated heterocycles. The molecular formula is C25H23F3N4O2. The summed E-state index contributed by atoms with van der Waals surface area (Å²) in [4.78, 5) is 21.6. The highest BCUT2D eigenvalue weighted by Gasteiger charge is 2.17. The van der Waals surface area contributed by atoms with Crippen molar-refractivity contribution in [3.8, 4) is 0 Å². The number of imidazole rings is 1. The van der Waals surface area contributed by atoms with Gasteiger partial charge >= 0.3 is 0 Å². The van der Waals surface area contributed by atoms with Crippen LogP contribution < -0.4 is 5.32 Å². The average molecular weight is 468 g/mol. The number of fused-ring (bicyclic) bond motifs is 1. The highest BCUT2D eigenvalue weighted by atomic mass is 19.2. The van der Waals surface area contributed by atoms with Gasteiger partial charge in [-0.25, -0.2) is 23.1 Å². The van der Waals surface area contributed by atoms with Gasteiger partial charge in [0, 0.05) is 25.6 Å². The minimum absolute atomic E-state index is 0.101. The third-order valence-corrected chi connectivity index (χ3v) is 5.51. The van der Waals surface area contributed by atoms with Gasteiger partial charge in [-0.05, 0) is 53.9 Å². The van der Waals surface area contributed by atoms with Crippen LogP contribution in [0.25, 0.3) is 11.2 Å². The first-order chi connectivity index (χ1) is 16.4. The molecule has 4 rings (SSSR count). The molecule has 0 radical (unpaired) electrons. The third-order valence-electron chi connectivity index (χ3n) is 5.51. The van der Waals surface area contributed by atoms with Crippen LogP contribution in [-0.2, 0) is 17.8 Å². The van der Waals surface area contributed by atoms with E-state index in [2.05, 4.69) is 15.3 Å². The van der Waals surface area contributed by atoms with E-state index in [-0.39, 0.29) is 44.1 Å². The molecule has 0 aliphatic carbocycles. The SMILES string of the molecule is O=C(CCc1nc2cccnc2n1Cc1ccc(F)c(F)c1)NC(CCO)c1ccc(F)cc1. The number of hydrogen-bond donors (Lipinski definition) is 2. The summed E-state index contributed by atoms with van der Waals surface area (Å²) in [6.07, 6.45) is 2.28. The number of benzene rings is 2. The Balaban J connectivity index is 1.51. The summed E-state index contributed by atoms with van der Waals surface area (Å²) in [6, 6.07) is 12.5. The second-order valence-corrected chi connectivity index (χ2v) is 7.89. The lowest BCUT2D eigenvalue weighted by atomic mass is 10.0. The Hall–Kier alpha value is -3.72. The number of aliphatic hydroxyl groups excluding tert-OH is 1. The Morgan fingerprint density at radius 1 is 1.06 bits per heavy atom. The molecule has 2 N–H and O–H groups in total. The number of aryl methyl sites for hydroxylation is 1. The molecule has 2 aromatic heterocycles. The first-order valence-corrected chi connectivity index (χ1v) is 10.8. The van der Waals surface area contributed by atoms with Gasteiger partial charge in [0.25, 0.3) is 0 Å². The maximum Gasteiger partial charge on any atom is 0.220 e. The van der Waals surface area contributed by atoms with E-state index < -0.39 is 17.7 Å². The minimum atomic E-state index is -0.938. The number of rotatable bonds is 9. The fourth-order valence-electron chi connectivity index (χ4n) is 3.82. The number of halogens is 3. The molecule has 0 saturated carbocycles. The van der Waals surface area contributed by atoms with Crippen LogP contribution in [0.5, 0.6) is 0 Å². The highest BCUT2D eigenvalue weighted by Crippen LogP contribution is 2.20. The van der Waals surface area contributed by atoms with Gasteiger partial charge in [-0.1, -0.05) is 18.2 Å². The van der Waals surface area contributed by atoms with Crippen molar-refractivity contribution in [2.24, 2.45) is 0 Å². The van der Waals surface area contributed by atoms with Gasteiger partial charge in [0.15, 0.2) is 17.3 Å². The lowest BCUT2D eigenvalue weighted by molar-refractivity contribution is -0.121. The molecule has 0 aliphatic rings. The van der Waals surface area contributed by atoms with Crippen molar-refractivity contribution in [2.45, 2.75) is 31.8 Å². The lowest BCUT2D eigenvalue weighted by Crippen LogP contribution is -2.29. The molecule has 1 unspecified atom stereocenters. The van der Waals surface area contributed by atoms with E-state index in [4.69, 9.17) is 0 Å². The van der Waals surface area contributed by atoms with Gasteiger partial charge in [0.1, 0.15) is 17.2 Å². The quantitative estimate of drug-likeness (QED) is 0.388. The lowest BCUT2D eigenvalue weighted by Gasteiger charge is -2.18. The van der Waals surface area contributed by atoms with Crippen LogP contribution in [0.4, 0.5) is 13.2 Å². The summed E-state index contributed by atoms with van der Waals surface area (Å²) in [7, 11) is 0. The normalized spacial score (nSPS) is 12.1. The molecule has 0 fully saturated rings. The Morgan fingerprint density at radius 3 is 2.59 bits per heavy atom. The fraction of sp³-hybridized carbons (Fsp3) is 0.240. The molecule has 9 heteroatoms. The van der Waals surface area contributed by atoms with E-state index in [1.165, 1.54) is 18.2 Å². The van der Waals surface area contributed by atoms with E-state index in [9.17, 15) is 23.1 Å². The summed E-state index contributed by atoms with van der Waals surface area (Å²) >= 11 is 0. The standard InChI is InChI=1S/C25H23F3N4O2/c26-18-6-4-17(5-7-18)21(11-13-33)31-24(34)10-9-23-30-22-2-1-12-29-25(22)32(23)15-16-3-8-19(27)20(28)14-16/h1-8,12,14,21,33H,9-11,13,15H2,(H,31,34). The first kappa shape index (κ1) is 23.4. The molecule has 1 atom stereocenters. The number of nitrogens with zero attached hydrogens (tertiary/aromatic N) is 3. The van der Waals surface area contributed by atoms with Crippen molar-refractivity contribution in [3.63, 3.8) is 0 Å². The van der Waals surface area contributed by atoms with Crippen molar-refractivity contribution in [2.75, 3.05) is 6.61 Å². The predicted molar refractivity (Wildman–Crippen MR) is 120 cm³/mol. The van der Waals surface area contributed by atoms with Crippen molar-refractivity contribution in [1.29, 1.82) is 0 Å². The van der Waals surface area contributed by atoms with E-state index in [1.54, 1.807) is 35.0 Å². The molecule has 2 heterocycles. The van der Waals surface area contributed by atoms with E-state index in [1.807, 2.05) is 0 Å². The number of aliphatic hydroxyl groups is 1. The number of aromatic nitrogens is 3. The van der Waals surface area contributed by atoms with Crippen LogP contribution in [0.1, 0.15) is 35.8 Å². The number of carbonyl (C=O) groups excluding carboxylic acids is 1. The molecule has 0 bridgehead atoms. The molecule has 6 nitrogen and oxygen atoms in total. The van der Waals surface area contributed by atoms with E-state index in [0.29, 0.717) is 28.1 Å².